The van der Waals surface area contributed by atoms with E-state index in [0.29, 0.717) is 12.1 Å². The van der Waals surface area contributed by atoms with Gasteiger partial charge in [-0.2, -0.15) is 0 Å². The third-order valence-electron chi connectivity index (χ3n) is 5.95. The van der Waals surface area contributed by atoms with Crippen molar-refractivity contribution < 1.29 is 14.3 Å². The molecule has 2 heterocycles. The van der Waals surface area contributed by atoms with Crippen LogP contribution in [0.5, 0.6) is 0 Å². The van der Waals surface area contributed by atoms with Crippen molar-refractivity contribution in [3.8, 4) is 5.69 Å². The second-order valence-electron chi connectivity index (χ2n) is 7.08. The number of hydrogen-bond donors (Lipinski definition) is 0. The molecule has 1 aromatic carbocycles. The van der Waals surface area contributed by atoms with Gasteiger partial charge in [-0.15, -0.1) is 10.2 Å². The Labute approximate surface area is 152 Å². The van der Waals surface area contributed by atoms with Crippen molar-refractivity contribution in [3.63, 3.8) is 0 Å². The molecule has 7 nitrogen and oxygen atoms in total. The Balaban J connectivity index is 1.61. The van der Waals surface area contributed by atoms with Crippen LogP contribution in [0, 0.1) is 0 Å². The summed E-state index contributed by atoms with van der Waals surface area (Å²) in [5, 5.41) is 7.66. The average Bonchev–Trinajstić information content (AvgIpc) is 3.35. The normalized spacial score (nSPS) is 28.2. The summed E-state index contributed by atoms with van der Waals surface area (Å²) in [5.41, 5.74) is 1.30. The SMILES string of the molecule is CO[C@@H]1CC[C@@]2(OC)CCN(C(=O)c3cccc(-n4cnnc4)c3)[C@H]2C1. The number of likely N-dealkylation sites (tertiary alicyclic amines) is 1. The fourth-order valence-electron chi connectivity index (χ4n) is 4.42. The van der Waals surface area contributed by atoms with E-state index in [1.54, 1.807) is 31.4 Å². The molecule has 4 rings (SSSR count). The monoisotopic (exact) mass is 356 g/mol. The van der Waals surface area contributed by atoms with Gasteiger partial charge in [0.2, 0.25) is 0 Å². The molecule has 1 saturated carbocycles. The molecule has 1 aliphatic carbocycles. The lowest BCUT2D eigenvalue weighted by molar-refractivity contribution is -0.0893. The van der Waals surface area contributed by atoms with Crippen LogP contribution in [0.25, 0.3) is 5.69 Å². The molecule has 0 N–H and O–H groups in total. The maximum Gasteiger partial charge on any atom is 0.254 e. The molecule has 7 heteroatoms. The maximum absolute atomic E-state index is 13.3. The van der Waals surface area contributed by atoms with Gasteiger partial charge < -0.3 is 14.4 Å². The lowest BCUT2D eigenvalue weighted by Gasteiger charge is -2.43. The summed E-state index contributed by atoms with van der Waals surface area (Å²) in [5.74, 6) is 0.0422. The second kappa shape index (κ2) is 6.81. The first-order valence-corrected chi connectivity index (χ1v) is 9.01. The van der Waals surface area contributed by atoms with Gasteiger partial charge in [0.1, 0.15) is 12.7 Å². The van der Waals surface area contributed by atoms with E-state index in [1.807, 2.05) is 29.2 Å². The molecule has 26 heavy (non-hydrogen) atoms. The first-order chi connectivity index (χ1) is 12.7. The fraction of sp³-hybridized carbons (Fsp3) is 0.526. The van der Waals surface area contributed by atoms with Crippen LogP contribution >= 0.6 is 0 Å². The first-order valence-electron chi connectivity index (χ1n) is 9.01. The van der Waals surface area contributed by atoms with E-state index in [-0.39, 0.29) is 23.7 Å². The van der Waals surface area contributed by atoms with Gasteiger partial charge in [0, 0.05) is 32.0 Å². The lowest BCUT2D eigenvalue weighted by Crippen LogP contribution is -2.53. The Bertz CT molecular complexity index is 779. The van der Waals surface area contributed by atoms with E-state index in [9.17, 15) is 4.79 Å². The molecule has 138 valence electrons. The van der Waals surface area contributed by atoms with Gasteiger partial charge in [0.25, 0.3) is 5.91 Å². The minimum absolute atomic E-state index is 0.0422. The quantitative estimate of drug-likeness (QED) is 0.839. The van der Waals surface area contributed by atoms with E-state index in [4.69, 9.17) is 9.47 Å². The lowest BCUT2D eigenvalue weighted by atomic mass is 9.79. The predicted octanol–water partition coefficient (Wildman–Crippen LogP) is 2.07. The molecule has 0 unspecified atom stereocenters. The smallest absolute Gasteiger partial charge is 0.254 e. The Morgan fingerprint density at radius 3 is 2.77 bits per heavy atom. The Morgan fingerprint density at radius 1 is 1.23 bits per heavy atom. The van der Waals surface area contributed by atoms with Gasteiger partial charge >= 0.3 is 0 Å². The summed E-state index contributed by atoms with van der Waals surface area (Å²) < 4.78 is 13.3. The van der Waals surface area contributed by atoms with Crippen molar-refractivity contribution in [1.29, 1.82) is 0 Å². The minimum atomic E-state index is -0.240. The number of amides is 1. The van der Waals surface area contributed by atoms with Crippen LogP contribution in [0.3, 0.4) is 0 Å². The molecular weight excluding hydrogens is 332 g/mol. The number of carbonyl (C=O) groups is 1. The zero-order chi connectivity index (χ0) is 18.1. The molecule has 2 aromatic rings. The van der Waals surface area contributed by atoms with Crippen molar-refractivity contribution in [2.24, 2.45) is 0 Å². The van der Waals surface area contributed by atoms with Gasteiger partial charge in [-0.25, -0.2) is 0 Å². The zero-order valence-electron chi connectivity index (χ0n) is 15.2. The summed E-state index contributed by atoms with van der Waals surface area (Å²) in [6, 6.07) is 7.62. The molecule has 2 fully saturated rings. The van der Waals surface area contributed by atoms with Crippen LogP contribution in [0.15, 0.2) is 36.9 Å². The van der Waals surface area contributed by atoms with Crippen LogP contribution in [-0.4, -0.2) is 64.1 Å². The van der Waals surface area contributed by atoms with Crippen LogP contribution in [-0.2, 0) is 9.47 Å². The van der Waals surface area contributed by atoms with Gasteiger partial charge in [0.15, 0.2) is 0 Å². The molecule has 0 radical (unpaired) electrons. The van der Waals surface area contributed by atoms with Crippen LogP contribution in [0.2, 0.25) is 0 Å². The van der Waals surface area contributed by atoms with E-state index < -0.39 is 0 Å². The molecule has 3 atom stereocenters. The number of ether oxygens (including phenoxy) is 2. The molecular formula is C19H24N4O3. The van der Waals surface area contributed by atoms with Gasteiger partial charge in [-0.3, -0.25) is 9.36 Å². The fourth-order valence-corrected chi connectivity index (χ4v) is 4.42. The predicted molar refractivity (Wildman–Crippen MR) is 95.2 cm³/mol. The number of hydrogen-bond acceptors (Lipinski definition) is 5. The van der Waals surface area contributed by atoms with Crippen LogP contribution in [0.4, 0.5) is 0 Å². The Morgan fingerprint density at radius 2 is 2.04 bits per heavy atom. The zero-order valence-corrected chi connectivity index (χ0v) is 15.2. The van der Waals surface area contributed by atoms with Crippen molar-refractivity contribution in [3.05, 3.63) is 42.5 Å². The molecule has 1 aromatic heterocycles. The number of rotatable bonds is 4. The highest BCUT2D eigenvalue weighted by molar-refractivity contribution is 5.95. The molecule has 1 saturated heterocycles. The minimum Gasteiger partial charge on any atom is -0.381 e. The Kier molecular flexibility index (Phi) is 4.50. The largest absolute Gasteiger partial charge is 0.381 e. The molecule has 1 amide bonds. The number of aromatic nitrogens is 3. The summed E-state index contributed by atoms with van der Waals surface area (Å²) in [6.07, 6.45) is 7.03. The number of carbonyl (C=O) groups excluding carboxylic acids is 1. The summed E-state index contributed by atoms with van der Waals surface area (Å²) in [4.78, 5) is 15.2. The number of fused-ring (bicyclic) bond motifs is 1. The van der Waals surface area contributed by atoms with Gasteiger partial charge in [-0.05, 0) is 43.9 Å². The van der Waals surface area contributed by atoms with Crippen molar-refractivity contribution >= 4 is 5.91 Å². The van der Waals surface area contributed by atoms with Crippen molar-refractivity contribution in [2.45, 2.75) is 43.4 Å². The van der Waals surface area contributed by atoms with Crippen molar-refractivity contribution in [1.82, 2.24) is 19.7 Å². The Hall–Kier alpha value is -2.25. The summed E-state index contributed by atoms with van der Waals surface area (Å²) in [7, 11) is 3.51. The highest BCUT2D eigenvalue weighted by atomic mass is 16.5. The molecule has 2 aliphatic rings. The average molecular weight is 356 g/mol. The summed E-state index contributed by atoms with van der Waals surface area (Å²) >= 11 is 0. The van der Waals surface area contributed by atoms with Gasteiger partial charge in [-0.1, -0.05) is 6.07 Å². The topological polar surface area (TPSA) is 69.5 Å². The standard InChI is InChI=1S/C19H24N4O3/c1-25-16-6-7-19(26-2)8-9-23(17(19)11-16)18(24)14-4-3-5-15(10-14)22-12-20-21-13-22/h3-5,10,12-13,16-17H,6-9,11H2,1-2H3/t16-,17+,19-/m1/s1. The number of methoxy groups -OCH3 is 2. The maximum atomic E-state index is 13.3. The highest BCUT2D eigenvalue weighted by Gasteiger charge is 2.52. The van der Waals surface area contributed by atoms with E-state index in [1.165, 1.54) is 0 Å². The van der Waals surface area contributed by atoms with Crippen LogP contribution in [0.1, 0.15) is 36.0 Å². The van der Waals surface area contributed by atoms with E-state index in [0.717, 1.165) is 31.4 Å². The van der Waals surface area contributed by atoms with Crippen LogP contribution < -0.4 is 0 Å². The van der Waals surface area contributed by atoms with Crippen molar-refractivity contribution in [2.75, 3.05) is 20.8 Å². The highest BCUT2D eigenvalue weighted by Crippen LogP contribution is 2.43. The number of nitrogens with zero attached hydrogens (tertiary/aromatic N) is 4. The van der Waals surface area contributed by atoms with Gasteiger partial charge in [0.05, 0.1) is 17.7 Å². The first kappa shape index (κ1) is 17.2. The number of benzene rings is 1. The summed E-state index contributed by atoms with van der Waals surface area (Å²) in [6.45, 7) is 0.713. The third-order valence-corrected chi connectivity index (χ3v) is 5.95. The van der Waals surface area contributed by atoms with E-state index >= 15 is 0 Å². The molecule has 0 bridgehead atoms. The van der Waals surface area contributed by atoms with E-state index in [2.05, 4.69) is 10.2 Å². The second-order valence-corrected chi connectivity index (χ2v) is 7.08. The molecule has 1 aliphatic heterocycles. The third kappa shape index (κ3) is 2.81. The molecule has 0 spiro atoms.